The van der Waals surface area contributed by atoms with Crippen molar-refractivity contribution in [3.05, 3.63) is 97.2 Å². The van der Waals surface area contributed by atoms with Gasteiger partial charge in [-0.05, 0) is 17.5 Å². The monoisotopic (exact) mass is 572 g/mol. The van der Waals surface area contributed by atoms with Gasteiger partial charge in [-0.15, -0.1) is 23.3 Å². The third-order valence-corrected chi connectivity index (χ3v) is 4.26. The van der Waals surface area contributed by atoms with E-state index < -0.39 is 0 Å². The number of rotatable bonds is 5. The fraction of sp³-hybridized carbons (Fsp3) is 0. The molecule has 0 aliphatic rings. The van der Waals surface area contributed by atoms with E-state index in [1.54, 1.807) is 30.5 Å². The molecule has 30 heavy (non-hydrogen) atoms. The summed E-state index contributed by atoms with van der Waals surface area (Å²) in [6, 6.07) is 29.6. The van der Waals surface area contributed by atoms with Gasteiger partial charge in [0.2, 0.25) is 11.8 Å². The van der Waals surface area contributed by atoms with E-state index in [2.05, 4.69) is 21.0 Å². The van der Waals surface area contributed by atoms with Crippen LogP contribution in [0.5, 0.6) is 23.3 Å². The van der Waals surface area contributed by atoms with Crippen LogP contribution in [0.3, 0.4) is 0 Å². The second kappa shape index (κ2) is 8.93. The standard InChI is InChI=1S/C24H15N3O2.Pt/c1-2-10-20-17(7-1)15-22(26-20)21-11-6-13-24(27-21)29-19-9-5-8-18(16-19)28-23-12-3-4-14-25-23;/h1-15H;/q-2;+2. The SMILES string of the molecule is [Pt+2].[c-]1c(Oc2ccccn2)cccc1Oc1cccc(-c2cc3ccccc3[n-]2)n1. The Kier molecular flexibility index (Phi) is 5.91. The molecule has 0 aliphatic carbocycles. The van der Waals surface area contributed by atoms with Crippen LogP contribution in [0, 0.1) is 6.07 Å². The zero-order valence-corrected chi connectivity index (χ0v) is 17.9. The molecule has 5 nitrogen and oxygen atoms in total. The molecule has 0 atom stereocenters. The van der Waals surface area contributed by atoms with Crippen molar-refractivity contribution in [1.29, 1.82) is 0 Å². The van der Waals surface area contributed by atoms with Crippen LogP contribution in [-0.4, -0.2) is 9.97 Å². The number of hydrogen-bond donors (Lipinski definition) is 0. The second-order valence-corrected chi connectivity index (χ2v) is 6.31. The fourth-order valence-electron chi connectivity index (χ4n) is 2.95. The van der Waals surface area contributed by atoms with Crippen molar-refractivity contribution < 1.29 is 30.5 Å². The summed E-state index contributed by atoms with van der Waals surface area (Å²) >= 11 is 0. The maximum Gasteiger partial charge on any atom is 2.00 e. The van der Waals surface area contributed by atoms with E-state index in [0.29, 0.717) is 23.3 Å². The number of aromatic nitrogens is 3. The number of ether oxygens (including phenoxy) is 2. The van der Waals surface area contributed by atoms with Gasteiger partial charge in [-0.2, -0.15) is 6.07 Å². The van der Waals surface area contributed by atoms with E-state index in [-0.39, 0.29) is 21.1 Å². The summed E-state index contributed by atoms with van der Waals surface area (Å²) < 4.78 is 11.6. The molecule has 0 bridgehead atoms. The first-order chi connectivity index (χ1) is 14.3. The summed E-state index contributed by atoms with van der Waals surface area (Å²) in [7, 11) is 0. The number of hydrogen-bond acceptors (Lipinski definition) is 4. The van der Waals surface area contributed by atoms with Crippen LogP contribution in [0.2, 0.25) is 0 Å². The molecule has 0 saturated heterocycles. The normalized spacial score (nSPS) is 10.4. The van der Waals surface area contributed by atoms with E-state index in [1.165, 1.54) is 0 Å². The molecule has 0 saturated carbocycles. The van der Waals surface area contributed by atoms with Gasteiger partial charge in [0.25, 0.3) is 0 Å². The largest absolute Gasteiger partial charge is 2.00 e. The topological polar surface area (TPSA) is 58.3 Å². The first-order valence-electron chi connectivity index (χ1n) is 9.12. The Morgan fingerprint density at radius 1 is 0.733 bits per heavy atom. The number of fused-ring (bicyclic) bond motifs is 1. The summed E-state index contributed by atoms with van der Waals surface area (Å²) in [5.41, 5.74) is 2.51. The van der Waals surface area contributed by atoms with E-state index in [0.717, 1.165) is 22.3 Å². The van der Waals surface area contributed by atoms with Crippen LogP contribution >= 0.6 is 0 Å². The van der Waals surface area contributed by atoms with Crippen molar-refractivity contribution in [2.75, 3.05) is 0 Å². The molecule has 0 spiro atoms. The summed E-state index contributed by atoms with van der Waals surface area (Å²) in [6.45, 7) is 0. The Labute approximate surface area is 188 Å². The molecule has 0 fully saturated rings. The van der Waals surface area contributed by atoms with Crippen molar-refractivity contribution in [2.45, 2.75) is 0 Å². The first kappa shape index (κ1) is 19.9. The predicted octanol–water partition coefficient (Wildman–Crippen LogP) is 5.64. The van der Waals surface area contributed by atoms with Crippen molar-refractivity contribution in [3.63, 3.8) is 0 Å². The molecular weight excluding hydrogens is 557 g/mol. The van der Waals surface area contributed by atoms with Gasteiger partial charge < -0.3 is 14.5 Å². The Morgan fingerprint density at radius 3 is 2.27 bits per heavy atom. The van der Waals surface area contributed by atoms with Gasteiger partial charge in [0.1, 0.15) is 0 Å². The second-order valence-electron chi connectivity index (χ2n) is 6.31. The number of para-hydroxylation sites is 1. The molecule has 0 radical (unpaired) electrons. The van der Waals surface area contributed by atoms with Crippen molar-refractivity contribution in [3.8, 4) is 34.6 Å². The van der Waals surface area contributed by atoms with Crippen molar-refractivity contribution >= 4 is 10.9 Å². The minimum absolute atomic E-state index is 0. The summed E-state index contributed by atoms with van der Waals surface area (Å²) in [5, 5.41) is 1.09. The smallest absolute Gasteiger partial charge is 0.656 e. The summed E-state index contributed by atoms with van der Waals surface area (Å²) in [5.74, 6) is 1.97. The van der Waals surface area contributed by atoms with Gasteiger partial charge in [-0.1, -0.05) is 48.5 Å². The fourth-order valence-corrected chi connectivity index (χ4v) is 2.95. The molecule has 0 aliphatic heterocycles. The van der Waals surface area contributed by atoms with Crippen LogP contribution in [0.4, 0.5) is 0 Å². The van der Waals surface area contributed by atoms with Crippen LogP contribution in [0.25, 0.3) is 22.3 Å². The van der Waals surface area contributed by atoms with Gasteiger partial charge in [0.15, 0.2) is 0 Å². The van der Waals surface area contributed by atoms with Crippen LogP contribution in [0.15, 0.2) is 91.1 Å². The molecular formula is C24H15N3O2Pt. The summed E-state index contributed by atoms with van der Waals surface area (Å²) in [6.07, 6.45) is 1.67. The summed E-state index contributed by atoms with van der Waals surface area (Å²) in [4.78, 5) is 13.4. The van der Waals surface area contributed by atoms with Crippen molar-refractivity contribution in [1.82, 2.24) is 15.0 Å². The molecule has 2 aromatic carbocycles. The average molecular weight is 572 g/mol. The Balaban J connectivity index is 0.00000218. The molecule has 3 aromatic heterocycles. The third kappa shape index (κ3) is 4.42. The van der Waals surface area contributed by atoms with Crippen LogP contribution < -0.4 is 14.5 Å². The molecule has 5 rings (SSSR count). The number of nitrogens with zero attached hydrogens (tertiary/aromatic N) is 3. The van der Waals surface area contributed by atoms with Gasteiger partial charge in [0.05, 0.1) is 5.69 Å². The zero-order valence-electron chi connectivity index (χ0n) is 15.6. The van der Waals surface area contributed by atoms with Crippen LogP contribution in [-0.2, 0) is 21.1 Å². The molecule has 148 valence electrons. The van der Waals surface area contributed by atoms with E-state index in [4.69, 9.17) is 9.47 Å². The van der Waals surface area contributed by atoms with E-state index in [1.807, 2.05) is 60.7 Å². The maximum absolute atomic E-state index is 5.90. The van der Waals surface area contributed by atoms with Gasteiger partial charge >= 0.3 is 21.1 Å². The van der Waals surface area contributed by atoms with Crippen molar-refractivity contribution in [2.24, 2.45) is 0 Å². The maximum atomic E-state index is 5.90. The molecule has 5 aromatic rings. The van der Waals surface area contributed by atoms with Gasteiger partial charge in [-0.25, -0.2) is 9.97 Å². The van der Waals surface area contributed by atoms with Gasteiger partial charge in [-0.3, -0.25) is 0 Å². The molecule has 0 unspecified atom stereocenters. The predicted molar refractivity (Wildman–Crippen MR) is 110 cm³/mol. The molecule has 0 N–H and O–H groups in total. The zero-order chi connectivity index (χ0) is 19.5. The number of benzene rings is 2. The Morgan fingerprint density at radius 2 is 1.47 bits per heavy atom. The Bertz CT molecular complexity index is 1240. The Hall–Kier alpha value is -3.43. The first-order valence-corrected chi connectivity index (χ1v) is 9.12. The third-order valence-electron chi connectivity index (χ3n) is 4.26. The minimum Gasteiger partial charge on any atom is -0.656 e. The number of pyridine rings is 2. The van der Waals surface area contributed by atoms with E-state index in [9.17, 15) is 0 Å². The minimum atomic E-state index is 0. The quantitative estimate of drug-likeness (QED) is 0.256. The molecule has 6 heteroatoms. The average Bonchev–Trinajstić information content (AvgIpc) is 3.19. The van der Waals surface area contributed by atoms with Crippen LogP contribution in [0.1, 0.15) is 0 Å². The van der Waals surface area contributed by atoms with E-state index >= 15 is 0 Å². The molecule has 0 amide bonds. The molecule has 3 heterocycles. The van der Waals surface area contributed by atoms with Gasteiger partial charge in [0, 0.05) is 29.8 Å².